The molecule has 6 aromatic carbocycles. The molecule has 7 rings (SSSR count). The first-order chi connectivity index (χ1) is 23.0. The van der Waals surface area contributed by atoms with E-state index >= 15 is 0 Å². The average molecular weight is 612 g/mol. The van der Waals surface area contributed by atoms with Gasteiger partial charge in [0.1, 0.15) is 0 Å². The summed E-state index contributed by atoms with van der Waals surface area (Å²) in [5.41, 5.74) is 10.6. The van der Waals surface area contributed by atoms with Crippen LogP contribution in [0.3, 0.4) is 0 Å². The molecular weight excluding hydrogens is 574 g/mol. The molecule has 0 amide bonds. The van der Waals surface area contributed by atoms with Crippen molar-refractivity contribution in [1.29, 1.82) is 0 Å². The fourth-order valence-electron chi connectivity index (χ4n) is 5.72. The van der Waals surface area contributed by atoms with Gasteiger partial charge in [-0.15, -0.1) is 0 Å². The molecule has 0 atom stereocenters. The van der Waals surface area contributed by atoms with Gasteiger partial charge in [-0.05, 0) is 71.5 Å². The quantitative estimate of drug-likeness (QED) is 0.190. The second kappa shape index (κ2) is 14.6. The highest BCUT2D eigenvalue weighted by Crippen LogP contribution is 2.39. The lowest BCUT2D eigenvalue weighted by molar-refractivity contribution is -0.572. The van der Waals surface area contributed by atoms with Gasteiger partial charge in [-0.2, -0.15) is 4.57 Å². The van der Waals surface area contributed by atoms with E-state index in [1.165, 1.54) is 0 Å². The van der Waals surface area contributed by atoms with Crippen molar-refractivity contribution in [3.63, 3.8) is 0 Å². The van der Waals surface area contributed by atoms with Crippen molar-refractivity contribution in [2.24, 2.45) is 0 Å². The van der Waals surface area contributed by atoms with Crippen molar-refractivity contribution in [2.75, 3.05) is 0 Å². The largest absolute Gasteiger partial charge is 0.872 e. The maximum atomic E-state index is 14.1. The molecule has 230 valence electrons. The lowest BCUT2D eigenvalue weighted by Crippen LogP contribution is -2.36. The molecule has 47 heavy (non-hydrogen) atoms. The third-order valence-electron chi connectivity index (χ3n) is 7.81. The van der Waals surface area contributed by atoms with Crippen LogP contribution in [-0.4, -0.2) is 11.2 Å². The van der Waals surface area contributed by atoms with Crippen molar-refractivity contribution in [3.8, 4) is 67.3 Å². The lowest BCUT2D eigenvalue weighted by atomic mass is 9.94. The molecule has 3 heteroatoms. The molecule has 0 spiro atoms. The van der Waals surface area contributed by atoms with Crippen molar-refractivity contribution in [1.82, 2.24) is 0 Å². The Morgan fingerprint density at radius 2 is 0.723 bits per heavy atom. The van der Waals surface area contributed by atoms with E-state index in [0.717, 1.165) is 50.5 Å². The highest BCUT2D eigenvalue weighted by Gasteiger charge is 2.26. The van der Waals surface area contributed by atoms with Gasteiger partial charge >= 0.3 is 0 Å². The van der Waals surface area contributed by atoms with Crippen LogP contribution in [0.15, 0.2) is 176 Å². The molecule has 1 aromatic heterocycles. The van der Waals surface area contributed by atoms with Crippen molar-refractivity contribution >= 4 is 0 Å². The van der Waals surface area contributed by atoms with Gasteiger partial charge in [-0.25, -0.2) is 0 Å². The molecule has 0 radical (unpaired) electrons. The van der Waals surface area contributed by atoms with Gasteiger partial charge in [0.2, 0.25) is 17.1 Å². The molecule has 0 unspecified atom stereocenters. The van der Waals surface area contributed by atoms with Gasteiger partial charge in [0, 0.05) is 41.5 Å². The summed E-state index contributed by atoms with van der Waals surface area (Å²) in [4.78, 5) is 0. The molecule has 7 aromatic rings. The Balaban J connectivity index is 0.000000915. The molecule has 1 heterocycles. The van der Waals surface area contributed by atoms with Crippen LogP contribution in [0.2, 0.25) is 0 Å². The Bertz CT molecular complexity index is 1920. The van der Waals surface area contributed by atoms with Crippen LogP contribution in [0.5, 0.6) is 5.75 Å². The second-order valence-electron chi connectivity index (χ2n) is 11.6. The molecule has 0 aliphatic heterocycles. The van der Waals surface area contributed by atoms with Gasteiger partial charge in [0.25, 0.3) is 0 Å². The zero-order valence-corrected chi connectivity index (χ0v) is 26.6. The predicted octanol–water partition coefficient (Wildman–Crippen LogP) is 9.76. The number of aromatic nitrogens is 1. The standard InChI is InChI=1S/C41H29NO.C3H8O/c43-41-37(31-18-8-2-9-19-31)28-36(29-38(41)32-20-10-3-11-21-32)42-39(33-22-12-4-13-23-33)26-35(30-16-6-1-7-17-30)27-40(42)34-24-14-5-15-25-34;1-3(2)4/h1-29H;3-4H,1-2H3. The Labute approximate surface area is 277 Å². The van der Waals surface area contributed by atoms with E-state index in [2.05, 4.69) is 89.5 Å². The molecule has 0 fully saturated rings. The average Bonchev–Trinajstić information content (AvgIpc) is 3.13. The van der Waals surface area contributed by atoms with Crippen molar-refractivity contribution in [2.45, 2.75) is 20.0 Å². The van der Waals surface area contributed by atoms with Crippen molar-refractivity contribution < 1.29 is 14.8 Å². The number of rotatable bonds is 6. The van der Waals surface area contributed by atoms with E-state index in [0.29, 0.717) is 11.1 Å². The van der Waals surface area contributed by atoms with Crippen LogP contribution >= 0.6 is 0 Å². The van der Waals surface area contributed by atoms with Crippen LogP contribution in [0, 0.1) is 0 Å². The third kappa shape index (κ3) is 7.22. The summed E-state index contributed by atoms with van der Waals surface area (Å²) in [5.74, 6) is 0.0187. The van der Waals surface area contributed by atoms with Crippen molar-refractivity contribution in [3.05, 3.63) is 176 Å². The summed E-state index contributed by atoms with van der Waals surface area (Å²) in [6.45, 7) is 3.44. The molecule has 0 bridgehead atoms. The highest BCUT2D eigenvalue weighted by molar-refractivity contribution is 5.84. The lowest BCUT2D eigenvalue weighted by Gasteiger charge is -2.21. The Morgan fingerprint density at radius 1 is 0.426 bits per heavy atom. The van der Waals surface area contributed by atoms with Crippen LogP contribution in [0.4, 0.5) is 0 Å². The molecule has 0 saturated heterocycles. The molecule has 3 nitrogen and oxygen atoms in total. The van der Waals surface area contributed by atoms with E-state index in [1.807, 2.05) is 91.0 Å². The van der Waals surface area contributed by atoms with Gasteiger partial charge < -0.3 is 10.2 Å². The van der Waals surface area contributed by atoms with Gasteiger partial charge in [-0.1, -0.05) is 133 Å². The fraction of sp³-hybridized carbons (Fsp3) is 0.0682. The summed E-state index contributed by atoms with van der Waals surface area (Å²) in [7, 11) is 0. The van der Waals surface area contributed by atoms with Gasteiger partial charge in [-0.3, -0.25) is 0 Å². The second-order valence-corrected chi connectivity index (χ2v) is 11.6. The first-order valence-corrected chi connectivity index (χ1v) is 15.9. The minimum atomic E-state index is -0.167. The van der Waals surface area contributed by atoms with Crippen LogP contribution in [-0.2, 0) is 0 Å². The predicted molar refractivity (Wildman–Crippen MR) is 192 cm³/mol. The number of nitrogens with zero attached hydrogens (tertiary/aromatic N) is 1. The number of pyridine rings is 1. The Hall–Kier alpha value is -5.77. The van der Waals surface area contributed by atoms with Crippen LogP contribution in [0.1, 0.15) is 13.8 Å². The van der Waals surface area contributed by atoms with E-state index in [1.54, 1.807) is 13.8 Å². The topological polar surface area (TPSA) is 47.2 Å². The monoisotopic (exact) mass is 611 g/mol. The Morgan fingerprint density at radius 3 is 1.06 bits per heavy atom. The number of aliphatic hydroxyl groups excluding tert-OH is 1. The zero-order valence-electron chi connectivity index (χ0n) is 26.6. The van der Waals surface area contributed by atoms with E-state index in [4.69, 9.17) is 5.11 Å². The molecular formula is C44H37NO2. The van der Waals surface area contributed by atoms with E-state index in [9.17, 15) is 5.11 Å². The first-order valence-electron chi connectivity index (χ1n) is 15.9. The first kappa shape index (κ1) is 31.2. The number of benzene rings is 6. The number of hydrogen-bond donors (Lipinski definition) is 1. The van der Waals surface area contributed by atoms with E-state index in [-0.39, 0.29) is 11.9 Å². The summed E-state index contributed by atoms with van der Waals surface area (Å²) in [5, 5.41) is 22.1. The van der Waals surface area contributed by atoms with Gasteiger partial charge in [0.05, 0.1) is 0 Å². The fourth-order valence-corrected chi connectivity index (χ4v) is 5.72. The third-order valence-corrected chi connectivity index (χ3v) is 7.81. The minimum absolute atomic E-state index is 0.0187. The molecule has 0 aliphatic rings. The van der Waals surface area contributed by atoms with Crippen LogP contribution < -0.4 is 9.67 Å². The smallest absolute Gasteiger partial charge is 0.219 e. The van der Waals surface area contributed by atoms with Crippen LogP contribution in [0.25, 0.3) is 61.6 Å². The normalized spacial score (nSPS) is 10.7. The zero-order chi connectivity index (χ0) is 32.6. The van der Waals surface area contributed by atoms with Gasteiger partial charge in [0.15, 0.2) is 0 Å². The Kier molecular flexibility index (Phi) is 9.67. The molecule has 0 saturated carbocycles. The molecule has 0 aliphatic carbocycles. The summed E-state index contributed by atoms with van der Waals surface area (Å²) < 4.78 is 2.30. The highest BCUT2D eigenvalue weighted by atomic mass is 16.3. The number of aliphatic hydroxyl groups is 1. The molecule has 1 N–H and O–H groups in total. The van der Waals surface area contributed by atoms with E-state index < -0.39 is 0 Å². The number of hydrogen-bond acceptors (Lipinski definition) is 2. The maximum Gasteiger partial charge on any atom is 0.219 e. The maximum absolute atomic E-state index is 14.1. The summed E-state index contributed by atoms with van der Waals surface area (Å²) in [6, 6.07) is 60.0. The summed E-state index contributed by atoms with van der Waals surface area (Å²) in [6.07, 6.45) is -0.167. The summed E-state index contributed by atoms with van der Waals surface area (Å²) >= 11 is 0. The SMILES string of the molecule is CC(C)O.[O-]c1c(-c2ccccc2)cc(-[n+]2c(-c3ccccc3)cc(-c3ccccc3)cc2-c2ccccc2)cc1-c1ccccc1. The minimum Gasteiger partial charge on any atom is -0.872 e.